The summed E-state index contributed by atoms with van der Waals surface area (Å²) in [6.45, 7) is 3.62. The van der Waals surface area contributed by atoms with Gasteiger partial charge in [0.25, 0.3) is 0 Å². The van der Waals surface area contributed by atoms with Gasteiger partial charge in [0.05, 0.1) is 20.6 Å². The number of nitrogens with two attached hydrogens (primary N) is 1. The summed E-state index contributed by atoms with van der Waals surface area (Å²) in [6, 6.07) is 1.43. The number of carbonyl (C=O) groups excluding carboxylic acids is 1. The van der Waals surface area contributed by atoms with E-state index in [4.69, 9.17) is 40.5 Å². The van der Waals surface area contributed by atoms with Crippen LogP contribution in [-0.2, 0) is 21.4 Å². The fraction of sp³-hybridized carbons (Fsp3) is 0.474. The van der Waals surface area contributed by atoms with Crippen LogP contribution in [0.2, 0.25) is 15.3 Å². The maximum Gasteiger partial charge on any atom is 0.241 e. The van der Waals surface area contributed by atoms with E-state index in [0.29, 0.717) is 25.6 Å². The van der Waals surface area contributed by atoms with Crippen LogP contribution < -0.4 is 10.5 Å². The average Bonchev–Trinajstić information content (AvgIpc) is 3.13. The number of rotatable bonds is 7. The Labute approximate surface area is 196 Å². The van der Waals surface area contributed by atoms with Gasteiger partial charge in [0.15, 0.2) is 0 Å². The average molecular weight is 509 g/mol. The molecule has 12 heteroatoms. The van der Waals surface area contributed by atoms with Crippen LogP contribution in [0.25, 0.3) is 0 Å². The molecule has 1 amide bonds. The number of nitrogen functional groups attached to an aromatic ring is 1. The topological polar surface area (TPSA) is 110 Å². The number of nitrogens with one attached hydrogen (secondary N) is 1. The third-order valence-corrected chi connectivity index (χ3v) is 7.77. The first-order chi connectivity index (χ1) is 14.6. The van der Waals surface area contributed by atoms with Gasteiger partial charge in [-0.05, 0) is 48.9 Å². The molecule has 2 heterocycles. The number of sulfonamides is 1. The van der Waals surface area contributed by atoms with Gasteiger partial charge >= 0.3 is 0 Å². The van der Waals surface area contributed by atoms with Crippen molar-refractivity contribution in [3.63, 3.8) is 0 Å². The number of anilines is 1. The number of aryl methyl sites for hydroxylation is 1. The highest BCUT2D eigenvalue weighted by atomic mass is 35.5. The first-order valence-corrected chi connectivity index (χ1v) is 12.4. The smallest absolute Gasteiger partial charge is 0.241 e. The predicted octanol–water partition coefficient (Wildman–Crippen LogP) is 3.42. The number of carbonyl (C=O) groups is 1. The van der Waals surface area contributed by atoms with Crippen LogP contribution >= 0.6 is 34.8 Å². The molecule has 1 unspecified atom stereocenters. The summed E-state index contributed by atoms with van der Waals surface area (Å²) in [7, 11) is -4.10. The monoisotopic (exact) mass is 507 g/mol. The zero-order valence-electron chi connectivity index (χ0n) is 16.9. The third-order valence-electron chi connectivity index (χ3n) is 5.38. The zero-order chi connectivity index (χ0) is 22.8. The van der Waals surface area contributed by atoms with E-state index < -0.39 is 16.1 Å². The molecule has 1 atom stereocenters. The van der Waals surface area contributed by atoms with Crippen molar-refractivity contribution in [1.82, 2.24) is 19.2 Å². The Bertz CT molecular complexity index is 1030. The summed E-state index contributed by atoms with van der Waals surface area (Å²) in [5.74, 6) is 0.252. The van der Waals surface area contributed by atoms with E-state index in [1.165, 1.54) is 18.3 Å². The van der Waals surface area contributed by atoms with Crippen LogP contribution in [0, 0.1) is 5.92 Å². The second-order valence-electron chi connectivity index (χ2n) is 7.66. The molecular formula is C19H24Cl3N5O3S. The highest BCUT2D eigenvalue weighted by Gasteiger charge is 2.31. The summed E-state index contributed by atoms with van der Waals surface area (Å²) in [5, 5.41) is 0.301. The number of benzene rings is 1. The van der Waals surface area contributed by atoms with Gasteiger partial charge in [-0.2, -0.15) is 4.72 Å². The Hall–Kier alpha value is -1.52. The Morgan fingerprint density at radius 1 is 1.26 bits per heavy atom. The quantitative estimate of drug-likeness (QED) is 0.557. The number of nitrogens with zero attached hydrogens (tertiary/aromatic N) is 3. The highest BCUT2D eigenvalue weighted by molar-refractivity contribution is 7.89. The van der Waals surface area contributed by atoms with E-state index in [1.807, 2.05) is 0 Å². The lowest BCUT2D eigenvalue weighted by atomic mass is 9.98. The Morgan fingerprint density at radius 3 is 2.42 bits per heavy atom. The minimum Gasteiger partial charge on any atom is -0.396 e. The predicted molar refractivity (Wildman–Crippen MR) is 122 cm³/mol. The Kier molecular flexibility index (Phi) is 7.75. The molecule has 1 aliphatic rings. The van der Waals surface area contributed by atoms with E-state index >= 15 is 0 Å². The van der Waals surface area contributed by atoms with Crippen molar-refractivity contribution < 1.29 is 13.2 Å². The van der Waals surface area contributed by atoms with E-state index in [-0.39, 0.29) is 38.2 Å². The second kappa shape index (κ2) is 9.95. The van der Waals surface area contributed by atoms with Gasteiger partial charge in [-0.1, -0.05) is 30.1 Å². The van der Waals surface area contributed by atoms with Crippen LogP contribution in [-0.4, -0.2) is 47.9 Å². The lowest BCUT2D eigenvalue weighted by Crippen LogP contribution is -2.50. The number of likely N-dealkylation sites (tertiary alicyclic amines) is 1. The Morgan fingerprint density at radius 2 is 1.87 bits per heavy atom. The molecule has 170 valence electrons. The van der Waals surface area contributed by atoms with Crippen molar-refractivity contribution in [2.24, 2.45) is 5.92 Å². The molecule has 8 nitrogen and oxygen atoms in total. The summed E-state index contributed by atoms with van der Waals surface area (Å²) in [6.07, 6.45) is 5.15. The van der Waals surface area contributed by atoms with Crippen molar-refractivity contribution in [2.45, 2.75) is 43.7 Å². The number of amides is 1. The molecule has 0 bridgehead atoms. The van der Waals surface area contributed by atoms with Gasteiger partial charge in [0, 0.05) is 32.0 Å². The van der Waals surface area contributed by atoms with Gasteiger partial charge in [0.2, 0.25) is 21.2 Å². The molecule has 1 fully saturated rings. The van der Waals surface area contributed by atoms with E-state index in [1.54, 1.807) is 15.7 Å². The van der Waals surface area contributed by atoms with Crippen LogP contribution in [0.3, 0.4) is 0 Å². The molecule has 1 aromatic carbocycles. The molecule has 3 rings (SSSR count). The van der Waals surface area contributed by atoms with Gasteiger partial charge < -0.3 is 15.2 Å². The van der Waals surface area contributed by atoms with Crippen LogP contribution in [0.15, 0.2) is 29.4 Å². The normalized spacial score (nSPS) is 16.5. The minimum atomic E-state index is -4.10. The molecule has 3 N–H and O–H groups in total. The first-order valence-electron chi connectivity index (χ1n) is 9.80. The number of aromatic nitrogens is 2. The number of hydrogen-bond acceptors (Lipinski definition) is 5. The molecule has 1 aromatic heterocycles. The summed E-state index contributed by atoms with van der Waals surface area (Å²) in [4.78, 5) is 18.7. The molecule has 0 saturated carbocycles. The molecule has 31 heavy (non-hydrogen) atoms. The summed E-state index contributed by atoms with van der Waals surface area (Å²) < 4.78 is 30.2. The SMILES string of the molecule is CC1CCN(C(=O)C(CCn2ccnc2Cl)NS(=O)(=O)c2cc(Cl)c(N)c(Cl)c2)CC1. The standard InChI is InChI=1S/C19H24Cl3N5O3S/c1-12-2-6-26(7-3-12)18(28)16(4-8-27-9-5-24-19(27)22)25-31(29,30)13-10-14(20)17(23)15(21)11-13/h5,9-12,16,25H,2-4,6-8,23H2,1H3. The maximum atomic E-state index is 13.2. The van der Waals surface area contributed by atoms with Crippen molar-refractivity contribution in [2.75, 3.05) is 18.8 Å². The molecule has 2 aromatic rings. The molecule has 0 aliphatic carbocycles. The van der Waals surface area contributed by atoms with Crippen LogP contribution in [0.4, 0.5) is 5.69 Å². The Balaban J connectivity index is 1.84. The fourth-order valence-corrected chi connectivity index (χ4v) is 5.49. The lowest BCUT2D eigenvalue weighted by molar-refractivity contribution is -0.134. The lowest BCUT2D eigenvalue weighted by Gasteiger charge is -2.33. The number of halogens is 3. The van der Waals surface area contributed by atoms with E-state index in [0.717, 1.165) is 12.8 Å². The van der Waals surface area contributed by atoms with Crippen molar-refractivity contribution in [1.29, 1.82) is 0 Å². The van der Waals surface area contributed by atoms with Crippen molar-refractivity contribution >= 4 is 56.4 Å². The highest BCUT2D eigenvalue weighted by Crippen LogP contribution is 2.31. The summed E-state index contributed by atoms with van der Waals surface area (Å²) in [5.41, 5.74) is 5.80. The summed E-state index contributed by atoms with van der Waals surface area (Å²) >= 11 is 18.0. The third kappa shape index (κ3) is 5.84. The number of hydrogen-bond donors (Lipinski definition) is 2. The maximum absolute atomic E-state index is 13.2. The molecule has 1 saturated heterocycles. The van der Waals surface area contributed by atoms with Crippen LogP contribution in [0.5, 0.6) is 0 Å². The van der Waals surface area contributed by atoms with Gasteiger partial charge in [0.1, 0.15) is 6.04 Å². The minimum absolute atomic E-state index is 0.0194. The first kappa shape index (κ1) is 24.1. The molecule has 0 radical (unpaired) electrons. The van der Waals surface area contributed by atoms with Gasteiger partial charge in [-0.25, -0.2) is 13.4 Å². The van der Waals surface area contributed by atoms with Crippen LogP contribution in [0.1, 0.15) is 26.2 Å². The zero-order valence-corrected chi connectivity index (χ0v) is 20.0. The van der Waals surface area contributed by atoms with E-state index in [9.17, 15) is 13.2 Å². The molecular weight excluding hydrogens is 485 g/mol. The molecule has 0 spiro atoms. The van der Waals surface area contributed by atoms with E-state index in [2.05, 4.69) is 16.6 Å². The van der Waals surface area contributed by atoms with Crippen molar-refractivity contribution in [3.8, 4) is 0 Å². The number of piperidine rings is 1. The fourth-order valence-electron chi connectivity index (χ4n) is 3.40. The largest absolute Gasteiger partial charge is 0.396 e. The van der Waals surface area contributed by atoms with Crippen molar-refractivity contribution in [3.05, 3.63) is 39.9 Å². The molecule has 1 aliphatic heterocycles. The number of imidazole rings is 1. The van der Waals surface area contributed by atoms with Gasteiger partial charge in [-0.3, -0.25) is 4.79 Å². The second-order valence-corrected chi connectivity index (χ2v) is 10.5. The van der Waals surface area contributed by atoms with Gasteiger partial charge in [-0.15, -0.1) is 0 Å².